The number of hydrogen-bond donors (Lipinski definition) is 1. The maximum atomic E-state index is 13.7. The molecule has 5 nitrogen and oxygen atoms in total. The van der Waals surface area contributed by atoms with Gasteiger partial charge in [-0.15, -0.1) is 0 Å². The molecule has 18 heavy (non-hydrogen) atoms. The van der Waals surface area contributed by atoms with E-state index in [-0.39, 0.29) is 24.3 Å². The number of amides is 1. The smallest absolute Gasteiger partial charge is 0.237 e. The van der Waals surface area contributed by atoms with E-state index < -0.39 is 22.8 Å². The predicted molar refractivity (Wildman–Crippen MR) is 65.0 cm³/mol. The molecule has 1 N–H and O–H groups in total. The zero-order chi connectivity index (χ0) is 13.3. The zero-order valence-corrected chi connectivity index (χ0v) is 10.8. The molecule has 2 atom stereocenters. The van der Waals surface area contributed by atoms with Crippen molar-refractivity contribution in [2.75, 3.05) is 0 Å². The largest absolute Gasteiger partial charge is 0.342 e. The van der Waals surface area contributed by atoms with Gasteiger partial charge in [-0.3, -0.25) is 14.9 Å². The highest BCUT2D eigenvalue weighted by Gasteiger charge is 2.39. The number of rotatable bonds is 2. The first-order valence-corrected chi connectivity index (χ1v) is 6.16. The third-order valence-corrected chi connectivity index (χ3v) is 3.43. The predicted octanol–water partition coefficient (Wildman–Crippen LogP) is 2.18. The summed E-state index contributed by atoms with van der Waals surface area (Å²) >= 11 is 3.19. The fourth-order valence-corrected chi connectivity index (χ4v) is 2.43. The molecule has 2 rings (SSSR count). The third-order valence-electron chi connectivity index (χ3n) is 2.93. The van der Waals surface area contributed by atoms with Crippen LogP contribution in [0.25, 0.3) is 0 Å². The van der Waals surface area contributed by atoms with Gasteiger partial charge in [-0.1, -0.05) is 15.9 Å². The number of piperidine rings is 1. The van der Waals surface area contributed by atoms with Gasteiger partial charge in [-0.2, -0.15) is 0 Å². The maximum absolute atomic E-state index is 13.7. The lowest BCUT2D eigenvalue weighted by atomic mass is 9.92. The first-order valence-electron chi connectivity index (χ1n) is 5.37. The quantitative estimate of drug-likeness (QED) is 0.671. The van der Waals surface area contributed by atoms with Crippen LogP contribution in [-0.4, -0.2) is 16.9 Å². The van der Waals surface area contributed by atoms with Crippen molar-refractivity contribution in [2.45, 2.75) is 24.9 Å². The Kier molecular flexibility index (Phi) is 3.60. The summed E-state index contributed by atoms with van der Waals surface area (Å²) in [5, 5.41) is 13.5. The Morgan fingerprint density at radius 3 is 2.89 bits per heavy atom. The van der Waals surface area contributed by atoms with Crippen molar-refractivity contribution in [1.29, 1.82) is 0 Å². The molecule has 1 aromatic rings. The average Bonchev–Trinajstić information content (AvgIpc) is 2.31. The second-order valence-corrected chi connectivity index (χ2v) is 5.02. The van der Waals surface area contributed by atoms with Crippen molar-refractivity contribution in [1.82, 2.24) is 5.32 Å². The number of carbonyl (C=O) groups excluding carboxylic acids is 1. The van der Waals surface area contributed by atoms with E-state index in [9.17, 15) is 19.3 Å². The van der Waals surface area contributed by atoms with Gasteiger partial charge in [0.05, 0.1) is 0 Å². The molecule has 1 aliphatic heterocycles. The normalized spacial score (nSPS) is 23.6. The molecule has 1 fully saturated rings. The average molecular weight is 317 g/mol. The van der Waals surface area contributed by atoms with Crippen molar-refractivity contribution in [3.05, 3.63) is 44.2 Å². The lowest BCUT2D eigenvalue weighted by Crippen LogP contribution is -2.45. The van der Waals surface area contributed by atoms with Gasteiger partial charge in [0.15, 0.2) is 0 Å². The highest BCUT2D eigenvalue weighted by atomic mass is 79.9. The highest BCUT2D eigenvalue weighted by molar-refractivity contribution is 9.10. The summed E-state index contributed by atoms with van der Waals surface area (Å²) in [6.07, 6.45) is 0.215. The topological polar surface area (TPSA) is 72.2 Å². The van der Waals surface area contributed by atoms with Crippen LogP contribution in [0.2, 0.25) is 0 Å². The summed E-state index contributed by atoms with van der Waals surface area (Å²) in [7, 11) is 0. The molecule has 1 amide bonds. The van der Waals surface area contributed by atoms with Crippen LogP contribution in [0.15, 0.2) is 22.7 Å². The van der Waals surface area contributed by atoms with E-state index in [1.54, 1.807) is 0 Å². The SMILES string of the molecule is O=C1CC[C@@H]([N+](=O)[O-])[C@H](c2cc(Br)ccc2F)N1. The summed E-state index contributed by atoms with van der Waals surface area (Å²) in [4.78, 5) is 21.8. The molecule has 7 heteroatoms. The van der Waals surface area contributed by atoms with Gasteiger partial charge in [0.2, 0.25) is 11.9 Å². The Morgan fingerprint density at radius 2 is 2.22 bits per heavy atom. The number of nitro groups is 1. The van der Waals surface area contributed by atoms with Crippen molar-refractivity contribution in [3.8, 4) is 0 Å². The van der Waals surface area contributed by atoms with E-state index in [0.29, 0.717) is 4.47 Å². The fraction of sp³-hybridized carbons (Fsp3) is 0.364. The molecule has 0 spiro atoms. The van der Waals surface area contributed by atoms with Gasteiger partial charge < -0.3 is 5.32 Å². The lowest BCUT2D eigenvalue weighted by molar-refractivity contribution is -0.529. The van der Waals surface area contributed by atoms with Gasteiger partial charge in [-0.25, -0.2) is 4.39 Å². The molecule has 0 saturated carbocycles. The molecular weight excluding hydrogens is 307 g/mol. The fourth-order valence-electron chi connectivity index (χ4n) is 2.05. The summed E-state index contributed by atoms with van der Waals surface area (Å²) in [6, 6.07) is 2.27. The summed E-state index contributed by atoms with van der Waals surface area (Å²) in [6.45, 7) is 0. The zero-order valence-electron chi connectivity index (χ0n) is 9.23. The number of benzene rings is 1. The van der Waals surface area contributed by atoms with Crippen molar-refractivity contribution in [2.24, 2.45) is 0 Å². The van der Waals surface area contributed by atoms with Crippen LogP contribution >= 0.6 is 15.9 Å². The number of hydrogen-bond acceptors (Lipinski definition) is 3. The monoisotopic (exact) mass is 316 g/mol. The van der Waals surface area contributed by atoms with Gasteiger partial charge in [-0.05, 0) is 18.2 Å². The Morgan fingerprint density at radius 1 is 1.50 bits per heavy atom. The molecule has 0 bridgehead atoms. The minimum absolute atomic E-state index is 0.0950. The molecule has 0 unspecified atom stereocenters. The second kappa shape index (κ2) is 5.01. The van der Waals surface area contributed by atoms with Crippen LogP contribution in [0.4, 0.5) is 4.39 Å². The van der Waals surface area contributed by atoms with Crippen LogP contribution in [0.5, 0.6) is 0 Å². The standard InChI is InChI=1S/C11H10BrFN2O3/c12-6-1-2-8(13)7(5-6)11-9(15(17)18)3-4-10(16)14-11/h1-2,5,9,11H,3-4H2,(H,14,16)/t9-,11+/m1/s1. The summed E-state index contributed by atoms with van der Waals surface area (Å²) in [5.41, 5.74) is 0.138. The van der Waals surface area contributed by atoms with Gasteiger partial charge in [0, 0.05) is 27.8 Å². The molecular formula is C11H10BrFN2O3. The minimum atomic E-state index is -0.994. The Bertz CT molecular complexity index is 509. The summed E-state index contributed by atoms with van der Waals surface area (Å²) < 4.78 is 14.3. The van der Waals surface area contributed by atoms with Gasteiger partial charge in [0.25, 0.3) is 0 Å². The van der Waals surface area contributed by atoms with Crippen LogP contribution in [0, 0.1) is 15.9 Å². The molecule has 0 radical (unpaired) electrons. The molecule has 1 heterocycles. The lowest BCUT2D eigenvalue weighted by Gasteiger charge is -2.27. The Labute approximate surface area is 111 Å². The molecule has 0 aromatic heterocycles. The van der Waals surface area contributed by atoms with Crippen LogP contribution in [0.3, 0.4) is 0 Å². The van der Waals surface area contributed by atoms with E-state index in [2.05, 4.69) is 21.2 Å². The van der Waals surface area contributed by atoms with Crippen LogP contribution in [-0.2, 0) is 4.79 Å². The molecule has 1 saturated heterocycles. The second-order valence-electron chi connectivity index (χ2n) is 4.10. The number of carbonyl (C=O) groups is 1. The van der Waals surface area contributed by atoms with E-state index >= 15 is 0 Å². The van der Waals surface area contributed by atoms with E-state index in [1.165, 1.54) is 18.2 Å². The molecule has 1 aliphatic rings. The van der Waals surface area contributed by atoms with Gasteiger partial charge in [0.1, 0.15) is 11.9 Å². The van der Waals surface area contributed by atoms with Crippen molar-refractivity contribution >= 4 is 21.8 Å². The third kappa shape index (κ3) is 2.50. The van der Waals surface area contributed by atoms with Crippen molar-refractivity contribution < 1.29 is 14.1 Å². The maximum Gasteiger partial charge on any atom is 0.237 e. The highest BCUT2D eigenvalue weighted by Crippen LogP contribution is 2.29. The van der Waals surface area contributed by atoms with E-state index in [1.807, 2.05) is 0 Å². The van der Waals surface area contributed by atoms with Gasteiger partial charge >= 0.3 is 0 Å². The number of nitrogens with zero attached hydrogens (tertiary/aromatic N) is 1. The minimum Gasteiger partial charge on any atom is -0.342 e. The molecule has 96 valence electrons. The first kappa shape index (κ1) is 12.9. The van der Waals surface area contributed by atoms with E-state index in [4.69, 9.17) is 0 Å². The van der Waals surface area contributed by atoms with E-state index in [0.717, 1.165) is 0 Å². The summed E-state index contributed by atoms with van der Waals surface area (Å²) in [5.74, 6) is -0.852. The van der Waals surface area contributed by atoms with Crippen molar-refractivity contribution in [3.63, 3.8) is 0 Å². The Hall–Kier alpha value is -1.50. The van der Waals surface area contributed by atoms with Crippen LogP contribution < -0.4 is 5.32 Å². The number of nitrogens with one attached hydrogen (secondary N) is 1. The first-order chi connectivity index (χ1) is 8.49. The van der Waals surface area contributed by atoms with Crippen LogP contribution in [0.1, 0.15) is 24.4 Å². The number of halogens is 2. The molecule has 0 aliphatic carbocycles. The Balaban J connectivity index is 2.40. The molecule has 1 aromatic carbocycles.